The molecule has 96 valence electrons. The van der Waals surface area contributed by atoms with Crippen LogP contribution in [-0.2, 0) is 6.54 Å². The van der Waals surface area contributed by atoms with E-state index in [1.165, 1.54) is 0 Å². The molecule has 0 fully saturated rings. The lowest BCUT2D eigenvalue weighted by Gasteiger charge is -2.07. The summed E-state index contributed by atoms with van der Waals surface area (Å²) in [5.41, 5.74) is 1.44. The molecule has 0 aliphatic carbocycles. The normalized spacial score (nSPS) is 10.6. The molecular weight excluding hydrogens is 252 g/mol. The zero-order chi connectivity index (χ0) is 13.1. The summed E-state index contributed by atoms with van der Waals surface area (Å²) in [4.78, 5) is 12.1. The van der Waals surface area contributed by atoms with Crippen molar-refractivity contribution in [3.8, 4) is 0 Å². The average molecular weight is 267 g/mol. The molecule has 0 saturated heterocycles. The highest BCUT2D eigenvalue weighted by Gasteiger charge is 2.14. The molecule has 18 heavy (non-hydrogen) atoms. The monoisotopic (exact) mass is 266 g/mol. The Bertz CT molecular complexity index is 558. The van der Waals surface area contributed by atoms with Crippen LogP contribution in [0.25, 0.3) is 0 Å². The lowest BCUT2D eigenvalue weighted by atomic mass is 10.3. The first-order valence-electron chi connectivity index (χ1n) is 5.78. The van der Waals surface area contributed by atoms with Gasteiger partial charge in [0.2, 0.25) is 0 Å². The number of nitrogens with zero attached hydrogens (tertiary/aromatic N) is 2. The van der Waals surface area contributed by atoms with Crippen molar-refractivity contribution >= 4 is 23.3 Å². The van der Waals surface area contributed by atoms with Gasteiger partial charge in [-0.15, -0.1) is 0 Å². The molecule has 2 aromatic rings. The topological polar surface area (TPSA) is 62.7 Å². The Morgan fingerprint density at radius 1 is 1.61 bits per heavy atom. The third-order valence-corrected chi connectivity index (χ3v) is 2.83. The summed E-state index contributed by atoms with van der Waals surface area (Å²) in [7, 11) is 0. The first kappa shape index (κ1) is 12.7. The minimum Gasteiger partial charge on any atom is -0.342 e. The quantitative estimate of drug-likeness (QED) is 0.894. The Balaban J connectivity index is 2.21. The summed E-state index contributed by atoms with van der Waals surface area (Å²) < 4.78 is 1.85. The maximum Gasteiger partial charge on any atom is 0.273 e. The second kappa shape index (κ2) is 5.27. The number of hydrogen-bond donors (Lipinski definition) is 2. The van der Waals surface area contributed by atoms with Crippen molar-refractivity contribution in [3.05, 3.63) is 34.7 Å². The van der Waals surface area contributed by atoms with Crippen LogP contribution in [-0.4, -0.2) is 20.7 Å². The molecule has 2 rings (SSSR count). The maximum absolute atomic E-state index is 12.1. The Labute approximate surface area is 110 Å². The molecular formula is C12H15ClN4O. The number of nitrogens with one attached hydrogen (secondary N) is 2. The van der Waals surface area contributed by atoms with Crippen LogP contribution in [0.4, 0.5) is 5.82 Å². The van der Waals surface area contributed by atoms with Gasteiger partial charge in [0.1, 0.15) is 11.5 Å². The van der Waals surface area contributed by atoms with Crippen LogP contribution < -0.4 is 5.32 Å². The molecule has 2 aromatic heterocycles. The number of halogens is 1. The molecule has 0 radical (unpaired) electrons. The van der Waals surface area contributed by atoms with Crippen molar-refractivity contribution in [2.45, 2.75) is 26.8 Å². The molecule has 5 nitrogen and oxygen atoms in total. The number of aromatic nitrogens is 3. The van der Waals surface area contributed by atoms with Crippen molar-refractivity contribution in [3.63, 3.8) is 0 Å². The third kappa shape index (κ3) is 2.56. The van der Waals surface area contributed by atoms with E-state index >= 15 is 0 Å². The van der Waals surface area contributed by atoms with Gasteiger partial charge >= 0.3 is 0 Å². The predicted octanol–water partition coefficient (Wildman–Crippen LogP) is 2.84. The molecule has 2 N–H and O–H groups in total. The first-order chi connectivity index (χ1) is 8.61. The predicted molar refractivity (Wildman–Crippen MR) is 71.0 cm³/mol. The molecule has 1 amide bonds. The fraction of sp³-hybridized carbons (Fsp3) is 0.333. The molecule has 6 heteroatoms. The Hall–Kier alpha value is -1.75. The van der Waals surface area contributed by atoms with Gasteiger partial charge in [0, 0.05) is 18.3 Å². The molecule has 2 heterocycles. The van der Waals surface area contributed by atoms with Crippen molar-refractivity contribution < 1.29 is 4.79 Å². The smallest absolute Gasteiger partial charge is 0.273 e. The van der Waals surface area contributed by atoms with Gasteiger partial charge in [-0.1, -0.05) is 18.5 Å². The number of carbonyl (C=O) groups is 1. The van der Waals surface area contributed by atoms with Crippen LogP contribution in [0.2, 0.25) is 5.02 Å². The number of hydrogen-bond acceptors (Lipinski definition) is 2. The second-order valence-corrected chi connectivity index (χ2v) is 4.56. The zero-order valence-electron chi connectivity index (χ0n) is 10.3. The number of aromatic amines is 1. The maximum atomic E-state index is 12.1. The Morgan fingerprint density at radius 3 is 3.00 bits per heavy atom. The summed E-state index contributed by atoms with van der Waals surface area (Å²) in [6.07, 6.45) is 4.36. The standard InChI is InChI=1S/C12H15ClN4O/c1-3-4-17-7-9(13)5-10(17)12(18)15-11-8(2)6-14-16-11/h5-7H,3-4H2,1-2H3,(H2,14,15,16,18). The minimum absolute atomic E-state index is 0.192. The number of carbonyl (C=O) groups excluding carboxylic acids is 1. The van der Waals surface area contributed by atoms with Crippen molar-refractivity contribution in [2.75, 3.05) is 5.32 Å². The highest BCUT2D eigenvalue weighted by Crippen LogP contribution is 2.17. The van der Waals surface area contributed by atoms with Gasteiger partial charge in [-0.3, -0.25) is 9.89 Å². The highest BCUT2D eigenvalue weighted by atomic mass is 35.5. The zero-order valence-corrected chi connectivity index (χ0v) is 11.1. The number of rotatable bonds is 4. The SMILES string of the molecule is CCCn1cc(Cl)cc1C(=O)Nc1[nH]ncc1C. The Morgan fingerprint density at radius 2 is 2.39 bits per heavy atom. The summed E-state index contributed by atoms with van der Waals surface area (Å²) in [6, 6.07) is 1.66. The second-order valence-electron chi connectivity index (χ2n) is 4.12. The summed E-state index contributed by atoms with van der Waals surface area (Å²) in [6.45, 7) is 4.68. The van der Waals surface area contributed by atoms with Crippen LogP contribution in [0.3, 0.4) is 0 Å². The van der Waals surface area contributed by atoms with Gasteiger partial charge in [-0.05, 0) is 19.4 Å². The summed E-state index contributed by atoms with van der Waals surface area (Å²) >= 11 is 5.94. The van der Waals surface area contributed by atoms with E-state index < -0.39 is 0 Å². The molecule has 0 unspecified atom stereocenters. The fourth-order valence-electron chi connectivity index (χ4n) is 1.74. The average Bonchev–Trinajstić information content (AvgIpc) is 2.87. The molecule has 0 saturated carbocycles. The lowest BCUT2D eigenvalue weighted by Crippen LogP contribution is -2.17. The molecule has 0 spiro atoms. The Kier molecular flexibility index (Phi) is 3.72. The molecule has 0 aliphatic rings. The van der Waals surface area contributed by atoms with Crippen molar-refractivity contribution in [1.29, 1.82) is 0 Å². The van der Waals surface area contributed by atoms with Crippen LogP contribution >= 0.6 is 11.6 Å². The number of aryl methyl sites for hydroxylation is 2. The van der Waals surface area contributed by atoms with Crippen molar-refractivity contribution in [1.82, 2.24) is 14.8 Å². The van der Waals surface area contributed by atoms with E-state index in [0.717, 1.165) is 18.5 Å². The van der Waals surface area contributed by atoms with Crippen LogP contribution in [0.1, 0.15) is 29.4 Å². The van der Waals surface area contributed by atoms with E-state index in [1.54, 1.807) is 18.5 Å². The van der Waals surface area contributed by atoms with E-state index in [0.29, 0.717) is 16.5 Å². The highest BCUT2D eigenvalue weighted by molar-refractivity contribution is 6.31. The van der Waals surface area contributed by atoms with Gasteiger partial charge in [0.15, 0.2) is 0 Å². The van der Waals surface area contributed by atoms with Crippen molar-refractivity contribution in [2.24, 2.45) is 0 Å². The van der Waals surface area contributed by atoms with Gasteiger partial charge in [0.05, 0.1) is 11.2 Å². The molecule has 0 atom stereocenters. The first-order valence-corrected chi connectivity index (χ1v) is 6.16. The largest absolute Gasteiger partial charge is 0.342 e. The van der Waals surface area contributed by atoms with E-state index in [-0.39, 0.29) is 5.91 Å². The summed E-state index contributed by atoms with van der Waals surface area (Å²) in [5.74, 6) is 0.420. The molecule has 0 aliphatic heterocycles. The third-order valence-electron chi connectivity index (χ3n) is 2.63. The minimum atomic E-state index is -0.192. The number of anilines is 1. The number of amides is 1. The van der Waals surface area contributed by atoms with E-state index in [2.05, 4.69) is 22.4 Å². The van der Waals surface area contributed by atoms with Gasteiger partial charge < -0.3 is 9.88 Å². The molecule has 0 aromatic carbocycles. The van der Waals surface area contributed by atoms with Gasteiger partial charge in [-0.2, -0.15) is 5.10 Å². The van der Waals surface area contributed by atoms with E-state index in [4.69, 9.17) is 11.6 Å². The van der Waals surface area contributed by atoms with Gasteiger partial charge in [-0.25, -0.2) is 0 Å². The van der Waals surface area contributed by atoms with Crippen LogP contribution in [0.5, 0.6) is 0 Å². The van der Waals surface area contributed by atoms with E-state index in [9.17, 15) is 4.79 Å². The summed E-state index contributed by atoms with van der Waals surface area (Å²) in [5, 5.41) is 9.95. The number of H-pyrrole nitrogens is 1. The lowest BCUT2D eigenvalue weighted by molar-refractivity contribution is 0.101. The van der Waals surface area contributed by atoms with Gasteiger partial charge in [0.25, 0.3) is 5.91 Å². The van der Waals surface area contributed by atoms with Crippen LogP contribution in [0.15, 0.2) is 18.5 Å². The van der Waals surface area contributed by atoms with Crippen LogP contribution in [0, 0.1) is 6.92 Å². The fourth-order valence-corrected chi connectivity index (χ4v) is 1.96. The van der Waals surface area contributed by atoms with E-state index in [1.807, 2.05) is 11.5 Å². The molecule has 0 bridgehead atoms.